The van der Waals surface area contributed by atoms with Crippen LogP contribution >= 0.6 is 0 Å². The summed E-state index contributed by atoms with van der Waals surface area (Å²) in [6, 6.07) is -0.641. The van der Waals surface area contributed by atoms with Gasteiger partial charge in [-0.3, -0.25) is 9.59 Å². The summed E-state index contributed by atoms with van der Waals surface area (Å²) in [5.41, 5.74) is 0. The summed E-state index contributed by atoms with van der Waals surface area (Å²) in [5, 5.41) is 23.2. The lowest BCUT2D eigenvalue weighted by molar-refractivity contribution is -0.143. The molecule has 0 saturated heterocycles. The maximum absolute atomic E-state index is 12.5. The first-order valence-corrected chi connectivity index (χ1v) is 31.6. The van der Waals surface area contributed by atoms with E-state index >= 15 is 0 Å². The minimum Gasteiger partial charge on any atom is -0.466 e. The Labute approximate surface area is 437 Å². The van der Waals surface area contributed by atoms with E-state index in [9.17, 15) is 19.8 Å². The van der Waals surface area contributed by atoms with Crippen molar-refractivity contribution in [1.82, 2.24) is 5.32 Å². The van der Waals surface area contributed by atoms with Crippen LogP contribution in [0.15, 0.2) is 24.3 Å². The maximum Gasteiger partial charge on any atom is 0.305 e. The molecule has 0 aliphatic rings. The summed E-state index contributed by atoms with van der Waals surface area (Å²) >= 11 is 0. The summed E-state index contributed by atoms with van der Waals surface area (Å²) in [6.07, 6.45) is 73.6. The molecule has 0 aromatic rings. The molecule has 2 unspecified atom stereocenters. The highest BCUT2D eigenvalue weighted by atomic mass is 16.5. The van der Waals surface area contributed by atoms with Crippen LogP contribution in [0.4, 0.5) is 0 Å². The fourth-order valence-corrected chi connectivity index (χ4v) is 9.87. The fraction of sp³-hybridized carbons (Fsp3) is 0.906. The van der Waals surface area contributed by atoms with Crippen LogP contribution in [0.5, 0.6) is 0 Å². The third kappa shape index (κ3) is 55.7. The van der Waals surface area contributed by atoms with E-state index < -0.39 is 12.1 Å². The van der Waals surface area contributed by atoms with Gasteiger partial charge in [-0.2, -0.15) is 0 Å². The van der Waals surface area contributed by atoms with E-state index in [1.165, 1.54) is 257 Å². The monoisotopic (exact) mass is 986 g/mol. The Balaban J connectivity index is 3.49. The van der Waals surface area contributed by atoms with Crippen LogP contribution in [0.1, 0.15) is 348 Å². The van der Waals surface area contributed by atoms with Gasteiger partial charge in [-0.15, -0.1) is 0 Å². The zero-order chi connectivity index (χ0) is 50.7. The molecule has 1 amide bonds. The predicted octanol–water partition coefficient (Wildman–Crippen LogP) is 19.8. The smallest absolute Gasteiger partial charge is 0.305 e. The molecular weight excluding hydrogens is 863 g/mol. The van der Waals surface area contributed by atoms with E-state index in [2.05, 4.69) is 31.3 Å². The number of aliphatic hydroxyl groups is 2. The van der Waals surface area contributed by atoms with Crippen molar-refractivity contribution in [2.75, 3.05) is 13.2 Å². The number of rotatable bonds is 59. The second-order valence-corrected chi connectivity index (χ2v) is 21.7. The van der Waals surface area contributed by atoms with E-state index in [0.29, 0.717) is 19.4 Å². The highest BCUT2D eigenvalue weighted by Gasteiger charge is 2.18. The summed E-state index contributed by atoms with van der Waals surface area (Å²) in [7, 11) is 0. The number of amides is 1. The van der Waals surface area contributed by atoms with Gasteiger partial charge in [0.2, 0.25) is 5.91 Å². The van der Waals surface area contributed by atoms with Gasteiger partial charge in [0.15, 0.2) is 0 Å². The first kappa shape index (κ1) is 68.3. The van der Waals surface area contributed by atoms with Crippen LogP contribution in [-0.4, -0.2) is 47.4 Å². The number of hydrogen-bond acceptors (Lipinski definition) is 5. The Morgan fingerprint density at radius 1 is 0.386 bits per heavy atom. The second kappa shape index (κ2) is 59.9. The van der Waals surface area contributed by atoms with Gasteiger partial charge in [0.05, 0.1) is 25.4 Å². The van der Waals surface area contributed by atoms with Gasteiger partial charge < -0.3 is 20.3 Å². The summed E-state index contributed by atoms with van der Waals surface area (Å²) < 4.78 is 5.47. The molecule has 2 atom stereocenters. The lowest BCUT2D eigenvalue weighted by atomic mass is 10.0. The molecule has 0 bridgehead atoms. The van der Waals surface area contributed by atoms with E-state index in [-0.39, 0.29) is 18.5 Å². The zero-order valence-corrected chi connectivity index (χ0v) is 47.3. The lowest BCUT2D eigenvalue weighted by Crippen LogP contribution is -2.45. The van der Waals surface area contributed by atoms with Crippen LogP contribution in [0.2, 0.25) is 0 Å². The molecule has 0 aromatic heterocycles. The van der Waals surface area contributed by atoms with Crippen molar-refractivity contribution in [2.24, 2.45) is 0 Å². The molecule has 0 aliphatic carbocycles. The van der Waals surface area contributed by atoms with Gasteiger partial charge in [0, 0.05) is 12.8 Å². The van der Waals surface area contributed by atoms with Gasteiger partial charge >= 0.3 is 5.97 Å². The second-order valence-electron chi connectivity index (χ2n) is 21.7. The van der Waals surface area contributed by atoms with Crippen LogP contribution in [0.25, 0.3) is 0 Å². The number of hydrogen-bond donors (Lipinski definition) is 3. The van der Waals surface area contributed by atoms with Gasteiger partial charge in [-0.05, 0) is 57.8 Å². The molecule has 70 heavy (non-hydrogen) atoms. The number of nitrogens with one attached hydrogen (secondary N) is 1. The quantitative estimate of drug-likeness (QED) is 0.0321. The molecule has 0 rings (SSSR count). The average Bonchev–Trinajstić information content (AvgIpc) is 3.36. The minimum atomic E-state index is -0.856. The summed E-state index contributed by atoms with van der Waals surface area (Å²) in [5.74, 6) is -0.0824. The molecule has 6 heteroatoms. The Morgan fingerprint density at radius 2 is 0.671 bits per heavy atom. The Hall–Kier alpha value is -1.66. The topological polar surface area (TPSA) is 95.9 Å². The van der Waals surface area contributed by atoms with Crippen LogP contribution in [-0.2, 0) is 14.3 Å². The Bertz CT molecular complexity index is 1090. The molecular formula is C64H123NO5. The van der Waals surface area contributed by atoms with Gasteiger partial charge in [0.25, 0.3) is 0 Å². The molecule has 6 nitrogen and oxygen atoms in total. The first-order chi connectivity index (χ1) is 34.5. The van der Waals surface area contributed by atoms with Gasteiger partial charge in [-0.25, -0.2) is 0 Å². The molecule has 0 heterocycles. The van der Waals surface area contributed by atoms with Crippen LogP contribution < -0.4 is 5.32 Å². The molecule has 0 fully saturated rings. The van der Waals surface area contributed by atoms with E-state index in [1.807, 2.05) is 6.08 Å². The third-order valence-corrected chi connectivity index (χ3v) is 14.7. The average molecular weight is 987 g/mol. The number of esters is 1. The molecule has 3 N–H and O–H groups in total. The third-order valence-electron chi connectivity index (χ3n) is 14.7. The summed E-state index contributed by atoms with van der Waals surface area (Å²) in [4.78, 5) is 24.5. The Kier molecular flexibility index (Phi) is 58.5. The molecule has 0 aromatic carbocycles. The van der Waals surface area contributed by atoms with E-state index in [4.69, 9.17) is 4.74 Å². The van der Waals surface area contributed by atoms with E-state index in [0.717, 1.165) is 64.2 Å². The van der Waals surface area contributed by atoms with Crippen molar-refractivity contribution in [1.29, 1.82) is 0 Å². The molecule has 414 valence electrons. The maximum atomic E-state index is 12.5. The van der Waals surface area contributed by atoms with E-state index in [1.54, 1.807) is 6.08 Å². The van der Waals surface area contributed by atoms with Crippen molar-refractivity contribution < 1.29 is 24.5 Å². The number of carbonyl (C=O) groups excluding carboxylic acids is 2. The zero-order valence-electron chi connectivity index (χ0n) is 47.3. The number of aliphatic hydroxyl groups excluding tert-OH is 2. The van der Waals surface area contributed by atoms with Crippen LogP contribution in [0, 0.1) is 0 Å². The van der Waals surface area contributed by atoms with Crippen molar-refractivity contribution in [3.8, 4) is 0 Å². The standard InChI is InChI=1S/C64H123NO5/c1-3-5-7-9-11-13-15-17-19-20-21-22-23-24-25-26-29-32-36-40-44-48-52-56-62(67)61(60-66)65-63(68)57-53-49-45-41-37-33-30-27-28-31-35-39-43-47-51-55-59-70-64(69)58-54-50-46-42-38-34-18-16-14-12-10-8-6-4-2/h27,30,52,56,61-62,66-67H,3-26,28-29,31-51,53-55,57-60H2,1-2H3,(H,65,68)/b30-27-,56-52+. The molecule has 0 radical (unpaired) electrons. The van der Waals surface area contributed by atoms with Crippen molar-refractivity contribution >= 4 is 11.9 Å². The number of unbranched alkanes of at least 4 members (excludes halogenated alkanes) is 46. The van der Waals surface area contributed by atoms with Crippen molar-refractivity contribution in [3.63, 3.8) is 0 Å². The summed E-state index contributed by atoms with van der Waals surface area (Å²) in [6.45, 7) is 4.91. The van der Waals surface area contributed by atoms with Gasteiger partial charge in [0.1, 0.15) is 0 Å². The van der Waals surface area contributed by atoms with Crippen molar-refractivity contribution in [2.45, 2.75) is 360 Å². The largest absolute Gasteiger partial charge is 0.466 e. The van der Waals surface area contributed by atoms with Gasteiger partial charge in [-0.1, -0.05) is 301 Å². The number of carbonyl (C=O) groups is 2. The molecule has 0 saturated carbocycles. The van der Waals surface area contributed by atoms with Crippen molar-refractivity contribution in [3.05, 3.63) is 24.3 Å². The lowest BCUT2D eigenvalue weighted by Gasteiger charge is -2.20. The normalized spacial score (nSPS) is 12.7. The van der Waals surface area contributed by atoms with Crippen LogP contribution in [0.3, 0.4) is 0 Å². The highest BCUT2D eigenvalue weighted by molar-refractivity contribution is 5.76. The number of ether oxygens (including phenoxy) is 1. The minimum absolute atomic E-state index is 0.000922. The highest BCUT2D eigenvalue weighted by Crippen LogP contribution is 2.18. The fourth-order valence-electron chi connectivity index (χ4n) is 9.87. The number of allylic oxidation sites excluding steroid dienone is 3. The first-order valence-electron chi connectivity index (χ1n) is 31.6. The molecule has 0 spiro atoms. The molecule has 0 aliphatic heterocycles. The SMILES string of the molecule is CCCCCCCCCCCCCCCCCCCCCCC/C=C/C(O)C(CO)NC(=O)CCCCCCC/C=C\CCCCCCCCCOC(=O)CCCCCCCCCCCCCCCC. The predicted molar refractivity (Wildman–Crippen MR) is 306 cm³/mol. The Morgan fingerprint density at radius 3 is 1.01 bits per heavy atom.